The number of allylic oxidation sites excluding steroid dienone is 1. The van der Waals surface area contributed by atoms with Crippen LogP contribution in [0.25, 0.3) is 22.6 Å². The van der Waals surface area contributed by atoms with Crippen molar-refractivity contribution >= 4 is 35.0 Å². The number of benzene rings is 3. The lowest BCUT2D eigenvalue weighted by Crippen LogP contribution is -2.47. The van der Waals surface area contributed by atoms with Gasteiger partial charge < -0.3 is 9.26 Å². The van der Waals surface area contributed by atoms with Crippen molar-refractivity contribution in [1.82, 2.24) is 15.0 Å². The molecule has 0 saturated carbocycles. The highest BCUT2D eigenvalue weighted by molar-refractivity contribution is 5.99. The Morgan fingerprint density at radius 3 is 2.42 bits per heavy atom. The highest BCUT2D eigenvalue weighted by Gasteiger charge is 2.17. The molecule has 0 unspecified atom stereocenters. The van der Waals surface area contributed by atoms with Gasteiger partial charge in [-0.15, -0.1) is 12.4 Å². The van der Waals surface area contributed by atoms with E-state index in [9.17, 15) is 5.26 Å². The summed E-state index contributed by atoms with van der Waals surface area (Å²) in [5.41, 5.74) is 3.87. The van der Waals surface area contributed by atoms with Crippen LogP contribution in [-0.2, 0) is 6.54 Å². The number of halogens is 1. The van der Waals surface area contributed by atoms with Gasteiger partial charge in [-0.25, -0.2) is 0 Å². The maximum atomic E-state index is 9.82. The van der Waals surface area contributed by atoms with Crippen molar-refractivity contribution in [2.24, 2.45) is 0 Å². The zero-order chi connectivity index (χ0) is 23.9. The molecule has 0 bridgehead atoms. The van der Waals surface area contributed by atoms with E-state index in [2.05, 4.69) is 51.4 Å². The summed E-state index contributed by atoms with van der Waals surface area (Å²) in [7, 11) is 0. The number of fused-ring (bicyclic) bond motifs is 1. The van der Waals surface area contributed by atoms with Crippen LogP contribution in [0.2, 0.25) is 0 Å². The number of rotatable bonds is 8. The first kappa shape index (κ1) is 25.5. The van der Waals surface area contributed by atoms with E-state index in [4.69, 9.17) is 9.26 Å². The van der Waals surface area contributed by atoms with Crippen molar-refractivity contribution in [3.05, 3.63) is 95.7 Å². The SMILES string of the molecule is Cl.N#C/C(=C\c1ccccc1OCCN1CCN(Cc2ccccc2)CC1)c1noc2ccccc12. The molecule has 1 saturated heterocycles. The summed E-state index contributed by atoms with van der Waals surface area (Å²) in [6, 6.07) is 28.3. The minimum absolute atomic E-state index is 0. The Morgan fingerprint density at radius 1 is 0.917 bits per heavy atom. The van der Waals surface area contributed by atoms with E-state index in [1.54, 1.807) is 0 Å². The van der Waals surface area contributed by atoms with Gasteiger partial charge >= 0.3 is 0 Å². The number of nitriles is 1. The molecule has 6 nitrogen and oxygen atoms in total. The maximum absolute atomic E-state index is 9.82. The standard InChI is InChI=1S/C29H28N4O2.ClH/c30-21-25(29-26-11-5-7-13-28(26)35-31-29)20-24-10-4-6-12-27(24)34-19-18-32-14-16-33(17-15-32)22-23-8-2-1-3-9-23;/h1-13,20H,14-19,22H2;1H/b25-20+;. The zero-order valence-electron chi connectivity index (χ0n) is 20.0. The molecule has 0 radical (unpaired) electrons. The third-order valence-electron chi connectivity index (χ3n) is 6.35. The molecule has 0 atom stereocenters. The predicted molar refractivity (Wildman–Crippen MR) is 145 cm³/mol. The lowest BCUT2D eigenvalue weighted by Gasteiger charge is -2.34. The molecule has 1 aliphatic heterocycles. The van der Waals surface area contributed by atoms with E-state index >= 15 is 0 Å². The number of ether oxygens (including phenoxy) is 1. The van der Waals surface area contributed by atoms with E-state index in [0.29, 0.717) is 23.5 Å². The normalized spacial score (nSPS) is 14.8. The van der Waals surface area contributed by atoms with Gasteiger partial charge in [0.05, 0.1) is 11.0 Å². The lowest BCUT2D eigenvalue weighted by molar-refractivity contribution is 0.112. The molecule has 7 heteroatoms. The molecular weight excluding hydrogens is 472 g/mol. The Bertz CT molecular complexity index is 1340. The first-order chi connectivity index (χ1) is 17.3. The molecule has 0 amide bonds. The summed E-state index contributed by atoms with van der Waals surface area (Å²) >= 11 is 0. The Morgan fingerprint density at radius 2 is 1.61 bits per heavy atom. The summed E-state index contributed by atoms with van der Waals surface area (Å²) in [4.78, 5) is 4.95. The van der Waals surface area contributed by atoms with Gasteiger partial charge in [-0.1, -0.05) is 65.8 Å². The summed E-state index contributed by atoms with van der Waals surface area (Å²) in [5.74, 6) is 0.760. The van der Waals surface area contributed by atoms with Crippen molar-refractivity contribution in [3.8, 4) is 11.8 Å². The lowest BCUT2D eigenvalue weighted by atomic mass is 10.1. The highest BCUT2D eigenvalue weighted by atomic mass is 35.5. The number of hydrogen-bond acceptors (Lipinski definition) is 6. The topological polar surface area (TPSA) is 65.5 Å². The van der Waals surface area contributed by atoms with Crippen LogP contribution >= 0.6 is 12.4 Å². The monoisotopic (exact) mass is 500 g/mol. The van der Waals surface area contributed by atoms with Crippen LogP contribution in [-0.4, -0.2) is 54.3 Å². The van der Waals surface area contributed by atoms with Gasteiger partial charge in [0, 0.05) is 44.8 Å². The second kappa shape index (κ2) is 12.4. The predicted octanol–water partition coefficient (Wildman–Crippen LogP) is 5.51. The van der Waals surface area contributed by atoms with Crippen molar-refractivity contribution in [2.45, 2.75) is 6.54 Å². The Balaban J connectivity index is 0.00000304. The van der Waals surface area contributed by atoms with Gasteiger partial charge in [0.15, 0.2) is 5.58 Å². The van der Waals surface area contributed by atoms with Crippen molar-refractivity contribution in [1.29, 1.82) is 5.26 Å². The second-order valence-corrected chi connectivity index (χ2v) is 8.69. The van der Waals surface area contributed by atoms with Crippen LogP contribution < -0.4 is 4.74 Å². The van der Waals surface area contributed by atoms with Gasteiger partial charge in [-0.3, -0.25) is 9.80 Å². The number of nitrogens with zero attached hydrogens (tertiary/aromatic N) is 4. The van der Waals surface area contributed by atoms with E-state index < -0.39 is 0 Å². The highest BCUT2D eigenvalue weighted by Crippen LogP contribution is 2.28. The largest absolute Gasteiger partial charge is 0.492 e. The molecule has 0 N–H and O–H groups in total. The van der Waals surface area contributed by atoms with Gasteiger partial charge in [-0.2, -0.15) is 5.26 Å². The summed E-state index contributed by atoms with van der Waals surface area (Å²) < 4.78 is 11.5. The number of hydrogen-bond donors (Lipinski definition) is 0. The molecule has 4 aromatic rings. The van der Waals surface area contributed by atoms with Crippen molar-refractivity contribution < 1.29 is 9.26 Å². The average molecular weight is 501 g/mol. The van der Waals surface area contributed by atoms with Gasteiger partial charge in [-0.05, 0) is 29.8 Å². The van der Waals surface area contributed by atoms with Crippen LogP contribution in [0.3, 0.4) is 0 Å². The summed E-state index contributed by atoms with van der Waals surface area (Å²) in [5, 5.41) is 14.8. The molecule has 0 aliphatic carbocycles. The van der Waals surface area contributed by atoms with Crippen LogP contribution in [0, 0.1) is 11.3 Å². The number of aromatic nitrogens is 1. The van der Waals surface area contributed by atoms with E-state index in [-0.39, 0.29) is 12.4 Å². The first-order valence-corrected chi connectivity index (χ1v) is 12.0. The Labute approximate surface area is 217 Å². The van der Waals surface area contributed by atoms with Crippen molar-refractivity contribution in [3.63, 3.8) is 0 Å². The molecule has 1 aromatic heterocycles. The third-order valence-corrected chi connectivity index (χ3v) is 6.35. The second-order valence-electron chi connectivity index (χ2n) is 8.69. The Hall–Kier alpha value is -3.63. The minimum atomic E-state index is 0. The van der Waals surface area contributed by atoms with Gasteiger partial charge in [0.25, 0.3) is 0 Å². The summed E-state index contributed by atoms with van der Waals surface area (Å²) in [6.45, 7) is 6.67. The molecule has 2 heterocycles. The molecule has 1 fully saturated rings. The zero-order valence-corrected chi connectivity index (χ0v) is 20.9. The van der Waals surface area contributed by atoms with Crippen molar-refractivity contribution in [2.75, 3.05) is 39.3 Å². The van der Waals surface area contributed by atoms with Crippen LogP contribution in [0.15, 0.2) is 83.4 Å². The van der Waals surface area contributed by atoms with E-state index in [1.165, 1.54) is 5.56 Å². The first-order valence-electron chi connectivity index (χ1n) is 12.0. The molecule has 5 rings (SSSR count). The fourth-order valence-electron chi connectivity index (χ4n) is 4.42. The van der Waals surface area contributed by atoms with E-state index in [0.717, 1.165) is 56.0 Å². The van der Waals surface area contributed by atoms with Crippen LogP contribution in [0.1, 0.15) is 16.8 Å². The molecule has 1 aliphatic rings. The molecular formula is C29H29ClN4O2. The minimum Gasteiger partial charge on any atom is -0.492 e. The fraction of sp³-hybridized carbons (Fsp3) is 0.241. The van der Waals surface area contributed by atoms with Gasteiger partial charge in [0.2, 0.25) is 0 Å². The third kappa shape index (κ3) is 6.13. The fourth-order valence-corrected chi connectivity index (χ4v) is 4.42. The molecule has 3 aromatic carbocycles. The number of piperazine rings is 1. The van der Waals surface area contributed by atoms with Crippen LogP contribution in [0.5, 0.6) is 5.75 Å². The average Bonchev–Trinajstić information content (AvgIpc) is 3.34. The smallest absolute Gasteiger partial charge is 0.167 e. The van der Waals surface area contributed by atoms with Gasteiger partial charge in [0.1, 0.15) is 24.1 Å². The number of para-hydroxylation sites is 2. The molecule has 36 heavy (non-hydrogen) atoms. The van der Waals surface area contributed by atoms with E-state index in [1.807, 2.05) is 54.6 Å². The summed E-state index contributed by atoms with van der Waals surface area (Å²) in [6.07, 6.45) is 1.82. The maximum Gasteiger partial charge on any atom is 0.167 e. The Kier molecular flexibility index (Phi) is 8.75. The van der Waals surface area contributed by atoms with Crippen LogP contribution in [0.4, 0.5) is 0 Å². The molecule has 0 spiro atoms. The quantitative estimate of drug-likeness (QED) is 0.297. The molecule has 184 valence electrons.